The lowest BCUT2D eigenvalue weighted by Crippen LogP contribution is -2.41. The molecule has 1 aromatic rings. The Morgan fingerprint density at radius 2 is 1.82 bits per heavy atom. The van der Waals surface area contributed by atoms with Gasteiger partial charge in [0.05, 0.1) is 0 Å². The second-order valence-electron chi connectivity index (χ2n) is 5.64. The number of aromatic nitrogens is 1. The minimum atomic E-state index is -1.57. The molecule has 0 fully saturated rings. The standard InChI is InChI=1S/C13H23NOSSi/c1-13(2,3)17(4,5)15-10-11-16-12-6-8-14-9-7-12/h6-9H,10-11H2,1-5H3. The van der Waals surface area contributed by atoms with Crippen LogP contribution in [0.15, 0.2) is 29.4 Å². The van der Waals surface area contributed by atoms with E-state index in [1.165, 1.54) is 4.90 Å². The Hall–Kier alpha value is -0.323. The average molecular weight is 269 g/mol. The third-order valence-electron chi connectivity index (χ3n) is 3.27. The number of pyridine rings is 1. The van der Waals surface area contributed by atoms with Crippen LogP contribution in [0.25, 0.3) is 0 Å². The van der Waals surface area contributed by atoms with Crippen LogP contribution in [0, 0.1) is 0 Å². The molecule has 0 aliphatic heterocycles. The minimum Gasteiger partial charge on any atom is -0.416 e. The molecule has 17 heavy (non-hydrogen) atoms. The molecule has 0 atom stereocenters. The van der Waals surface area contributed by atoms with E-state index >= 15 is 0 Å². The maximum atomic E-state index is 6.12. The van der Waals surface area contributed by atoms with E-state index in [4.69, 9.17) is 4.43 Å². The first-order chi connectivity index (χ1) is 7.83. The SMILES string of the molecule is CC(C)(C)[Si](C)(C)OCCSc1ccncc1. The molecule has 96 valence electrons. The Bertz CT molecular complexity index is 335. The highest BCUT2D eigenvalue weighted by Crippen LogP contribution is 2.36. The van der Waals surface area contributed by atoms with E-state index in [0.717, 1.165) is 12.4 Å². The molecule has 0 aromatic carbocycles. The lowest BCUT2D eigenvalue weighted by atomic mass is 10.2. The Balaban J connectivity index is 2.30. The van der Waals surface area contributed by atoms with E-state index in [1.807, 2.05) is 36.3 Å². The third-order valence-corrected chi connectivity index (χ3v) is 8.79. The van der Waals surface area contributed by atoms with Gasteiger partial charge in [0.25, 0.3) is 0 Å². The Labute approximate surface area is 110 Å². The Morgan fingerprint density at radius 1 is 1.24 bits per heavy atom. The predicted octanol–water partition coefficient (Wildman–Crippen LogP) is 4.20. The zero-order chi connectivity index (χ0) is 12.9. The van der Waals surface area contributed by atoms with Gasteiger partial charge in [-0.25, -0.2) is 0 Å². The monoisotopic (exact) mass is 269 g/mol. The second kappa shape index (κ2) is 6.02. The maximum Gasteiger partial charge on any atom is 0.192 e. The Morgan fingerprint density at radius 3 is 2.35 bits per heavy atom. The molecule has 0 amide bonds. The van der Waals surface area contributed by atoms with E-state index < -0.39 is 8.32 Å². The summed E-state index contributed by atoms with van der Waals surface area (Å²) in [6, 6.07) is 4.08. The zero-order valence-electron chi connectivity index (χ0n) is 11.5. The van der Waals surface area contributed by atoms with Crippen LogP contribution in [0.4, 0.5) is 0 Å². The van der Waals surface area contributed by atoms with Crippen molar-refractivity contribution in [1.82, 2.24) is 4.98 Å². The van der Waals surface area contributed by atoms with Gasteiger partial charge in [-0.05, 0) is 30.3 Å². The molecule has 0 unspecified atom stereocenters. The smallest absolute Gasteiger partial charge is 0.192 e. The van der Waals surface area contributed by atoms with E-state index in [1.54, 1.807) is 0 Å². The number of nitrogens with zero attached hydrogens (tertiary/aromatic N) is 1. The van der Waals surface area contributed by atoms with Crippen molar-refractivity contribution < 1.29 is 4.43 Å². The van der Waals surface area contributed by atoms with Crippen LogP contribution >= 0.6 is 11.8 Å². The van der Waals surface area contributed by atoms with E-state index in [9.17, 15) is 0 Å². The number of hydrogen-bond acceptors (Lipinski definition) is 3. The molecule has 1 heterocycles. The molecule has 1 rings (SSSR count). The highest BCUT2D eigenvalue weighted by atomic mass is 32.2. The summed E-state index contributed by atoms with van der Waals surface area (Å²) < 4.78 is 6.12. The summed E-state index contributed by atoms with van der Waals surface area (Å²) in [4.78, 5) is 5.27. The van der Waals surface area contributed by atoms with Gasteiger partial charge in [-0.2, -0.15) is 0 Å². The average Bonchev–Trinajstić information content (AvgIpc) is 2.24. The third kappa shape index (κ3) is 4.82. The molecule has 1 aromatic heterocycles. The highest BCUT2D eigenvalue weighted by molar-refractivity contribution is 7.99. The molecule has 0 spiro atoms. The summed E-state index contributed by atoms with van der Waals surface area (Å²) in [5.41, 5.74) is 0. The van der Waals surface area contributed by atoms with Gasteiger partial charge in [0.15, 0.2) is 8.32 Å². The molecule has 0 bridgehead atoms. The molecule has 0 aliphatic carbocycles. The van der Waals surface area contributed by atoms with Crippen LogP contribution in [0.5, 0.6) is 0 Å². The number of thioether (sulfide) groups is 1. The predicted molar refractivity (Wildman–Crippen MR) is 78.1 cm³/mol. The van der Waals surface area contributed by atoms with Crippen molar-refractivity contribution in [2.45, 2.75) is 43.8 Å². The van der Waals surface area contributed by atoms with Gasteiger partial charge in [0, 0.05) is 29.6 Å². The summed E-state index contributed by atoms with van der Waals surface area (Å²) in [5, 5.41) is 0.300. The molecule has 0 saturated heterocycles. The van der Waals surface area contributed by atoms with Crippen molar-refractivity contribution in [2.75, 3.05) is 12.4 Å². The lowest BCUT2D eigenvalue weighted by Gasteiger charge is -2.36. The van der Waals surface area contributed by atoms with Crippen molar-refractivity contribution in [3.63, 3.8) is 0 Å². The van der Waals surface area contributed by atoms with Gasteiger partial charge in [0.2, 0.25) is 0 Å². The van der Waals surface area contributed by atoms with E-state index in [0.29, 0.717) is 5.04 Å². The fourth-order valence-corrected chi connectivity index (χ4v) is 3.02. The van der Waals surface area contributed by atoms with Crippen molar-refractivity contribution in [3.8, 4) is 0 Å². The van der Waals surface area contributed by atoms with E-state index in [-0.39, 0.29) is 0 Å². The molecular formula is C13H23NOSSi. The largest absolute Gasteiger partial charge is 0.416 e. The first-order valence-electron chi connectivity index (χ1n) is 6.00. The van der Waals surface area contributed by atoms with E-state index in [2.05, 4.69) is 38.8 Å². The summed E-state index contributed by atoms with van der Waals surface area (Å²) in [6.07, 6.45) is 3.66. The fraction of sp³-hybridized carbons (Fsp3) is 0.615. The lowest BCUT2D eigenvalue weighted by molar-refractivity contribution is 0.311. The van der Waals surface area contributed by atoms with Crippen LogP contribution in [0.1, 0.15) is 20.8 Å². The van der Waals surface area contributed by atoms with Crippen molar-refractivity contribution >= 4 is 20.1 Å². The molecule has 0 saturated carbocycles. The highest BCUT2D eigenvalue weighted by Gasteiger charge is 2.36. The van der Waals surface area contributed by atoms with Crippen molar-refractivity contribution in [3.05, 3.63) is 24.5 Å². The maximum absolute atomic E-state index is 6.12. The van der Waals surface area contributed by atoms with Gasteiger partial charge in [-0.3, -0.25) is 4.98 Å². The quantitative estimate of drug-likeness (QED) is 0.454. The van der Waals surface area contributed by atoms with Gasteiger partial charge in [0.1, 0.15) is 0 Å². The van der Waals surface area contributed by atoms with Gasteiger partial charge < -0.3 is 4.43 Å². The van der Waals surface area contributed by atoms with Crippen LogP contribution in [0.2, 0.25) is 18.1 Å². The molecule has 0 N–H and O–H groups in total. The molecule has 4 heteroatoms. The molecule has 2 nitrogen and oxygen atoms in total. The van der Waals surface area contributed by atoms with Gasteiger partial charge in [-0.15, -0.1) is 11.8 Å². The van der Waals surface area contributed by atoms with Crippen LogP contribution in [-0.2, 0) is 4.43 Å². The summed E-state index contributed by atoms with van der Waals surface area (Å²) in [5.74, 6) is 1.01. The van der Waals surface area contributed by atoms with Crippen LogP contribution in [-0.4, -0.2) is 25.7 Å². The van der Waals surface area contributed by atoms with Crippen molar-refractivity contribution in [2.24, 2.45) is 0 Å². The summed E-state index contributed by atoms with van der Waals surface area (Å²) >= 11 is 1.83. The summed E-state index contributed by atoms with van der Waals surface area (Å²) in [6.45, 7) is 12.2. The normalized spacial score (nSPS) is 12.8. The number of rotatable bonds is 5. The fourth-order valence-electron chi connectivity index (χ4n) is 1.11. The first kappa shape index (κ1) is 14.7. The minimum absolute atomic E-state index is 0.300. The number of hydrogen-bond donors (Lipinski definition) is 0. The van der Waals surface area contributed by atoms with Gasteiger partial charge in [-0.1, -0.05) is 20.8 Å². The zero-order valence-corrected chi connectivity index (χ0v) is 13.3. The topological polar surface area (TPSA) is 22.1 Å². The van der Waals surface area contributed by atoms with Gasteiger partial charge >= 0.3 is 0 Å². The first-order valence-corrected chi connectivity index (χ1v) is 9.89. The van der Waals surface area contributed by atoms with Crippen LogP contribution in [0.3, 0.4) is 0 Å². The molecule has 0 aliphatic rings. The second-order valence-corrected chi connectivity index (χ2v) is 11.6. The molecule has 0 radical (unpaired) electrons. The summed E-state index contributed by atoms with van der Waals surface area (Å²) in [7, 11) is -1.57. The van der Waals surface area contributed by atoms with Crippen LogP contribution < -0.4 is 0 Å². The Kier molecular flexibility index (Phi) is 5.22. The van der Waals surface area contributed by atoms with Crippen molar-refractivity contribution in [1.29, 1.82) is 0 Å². The molecular weight excluding hydrogens is 246 g/mol.